The number of carbonyl (C=O) groups excluding carboxylic acids is 2. The Labute approximate surface area is 144 Å². The summed E-state index contributed by atoms with van der Waals surface area (Å²) < 4.78 is 15.5. The summed E-state index contributed by atoms with van der Waals surface area (Å²) in [7, 11) is -1.08. The predicted molar refractivity (Wildman–Crippen MR) is 94.3 cm³/mol. The van der Waals surface area contributed by atoms with Gasteiger partial charge in [-0.1, -0.05) is 30.4 Å². The highest BCUT2D eigenvalue weighted by atomic mass is 31.2. The van der Waals surface area contributed by atoms with Crippen molar-refractivity contribution in [3.8, 4) is 0 Å². The predicted octanol–water partition coefficient (Wildman–Crippen LogP) is 3.07. The van der Waals surface area contributed by atoms with Crippen LogP contribution in [0.4, 0.5) is 0 Å². The van der Waals surface area contributed by atoms with Gasteiger partial charge in [-0.2, -0.15) is 0 Å². The zero-order valence-corrected chi connectivity index (χ0v) is 15.6. The van der Waals surface area contributed by atoms with Crippen LogP contribution in [0.25, 0.3) is 0 Å². The zero-order chi connectivity index (χ0) is 18.0. The lowest BCUT2D eigenvalue weighted by molar-refractivity contribution is -0.159. The summed E-state index contributed by atoms with van der Waals surface area (Å²) in [5.74, 6) is -0.685. The number of esters is 2. The standard InChI is InChI=1S/C17H26NO5P/c1-17(2,3)16(20)22-13-23-24(4)18-11-15(19)21-12-14-9-7-5-6-8-10-14/h5-7,9-10,18H,8,11-13H2,1-4H3. The minimum Gasteiger partial charge on any atom is -0.460 e. The van der Waals surface area contributed by atoms with Crippen LogP contribution in [-0.4, -0.2) is 38.5 Å². The lowest BCUT2D eigenvalue weighted by Gasteiger charge is -2.18. The lowest BCUT2D eigenvalue weighted by Crippen LogP contribution is -2.25. The monoisotopic (exact) mass is 355 g/mol. The van der Waals surface area contributed by atoms with Crippen molar-refractivity contribution in [1.29, 1.82) is 0 Å². The minimum atomic E-state index is -1.08. The van der Waals surface area contributed by atoms with Gasteiger partial charge in [-0.3, -0.25) is 14.7 Å². The molecule has 0 saturated heterocycles. The smallest absolute Gasteiger partial charge is 0.320 e. The van der Waals surface area contributed by atoms with Gasteiger partial charge in [-0.15, -0.1) is 0 Å². The highest BCUT2D eigenvalue weighted by Gasteiger charge is 2.23. The number of carbonyl (C=O) groups is 2. The van der Waals surface area contributed by atoms with E-state index in [1.165, 1.54) is 0 Å². The Balaban J connectivity index is 2.15. The van der Waals surface area contributed by atoms with E-state index >= 15 is 0 Å². The molecule has 1 aliphatic rings. The van der Waals surface area contributed by atoms with Crippen LogP contribution < -0.4 is 5.09 Å². The van der Waals surface area contributed by atoms with Gasteiger partial charge in [0.05, 0.1) is 12.0 Å². The van der Waals surface area contributed by atoms with Gasteiger partial charge >= 0.3 is 11.9 Å². The summed E-state index contributed by atoms with van der Waals surface area (Å²) in [6.45, 7) is 7.27. The van der Waals surface area contributed by atoms with Crippen molar-refractivity contribution >= 4 is 20.2 Å². The third kappa shape index (κ3) is 8.96. The van der Waals surface area contributed by atoms with Crippen LogP contribution in [0.1, 0.15) is 27.2 Å². The molecule has 0 aliphatic heterocycles. The Morgan fingerprint density at radius 1 is 1.25 bits per heavy atom. The second-order valence-corrected chi connectivity index (χ2v) is 7.79. The van der Waals surface area contributed by atoms with Crippen LogP contribution in [0.2, 0.25) is 0 Å². The molecule has 0 bridgehead atoms. The number of nitrogens with one attached hydrogen (secondary N) is 1. The van der Waals surface area contributed by atoms with E-state index in [4.69, 9.17) is 14.0 Å². The zero-order valence-electron chi connectivity index (χ0n) is 14.7. The fraction of sp³-hybridized carbons (Fsp3) is 0.529. The molecule has 0 saturated carbocycles. The third-order valence-corrected chi connectivity index (χ3v) is 4.06. The SMILES string of the molecule is CP(NCC(=O)OCC1=CCC=CC=C1)OCOC(=O)C(C)(C)C. The highest BCUT2D eigenvalue weighted by molar-refractivity contribution is 7.49. The molecule has 134 valence electrons. The minimum absolute atomic E-state index is 0.0463. The van der Waals surface area contributed by atoms with Crippen molar-refractivity contribution < 1.29 is 23.6 Å². The second-order valence-electron chi connectivity index (χ2n) is 6.22. The molecule has 0 spiro atoms. The molecule has 0 amide bonds. The van der Waals surface area contributed by atoms with Crippen molar-refractivity contribution in [2.45, 2.75) is 27.2 Å². The fourth-order valence-electron chi connectivity index (χ4n) is 1.54. The summed E-state index contributed by atoms with van der Waals surface area (Å²) in [6.07, 6.45) is 10.7. The average Bonchev–Trinajstić information content (AvgIpc) is 2.78. The van der Waals surface area contributed by atoms with Crippen LogP contribution in [0, 0.1) is 5.41 Å². The van der Waals surface area contributed by atoms with E-state index in [2.05, 4.69) is 5.09 Å². The molecule has 24 heavy (non-hydrogen) atoms. The van der Waals surface area contributed by atoms with Crippen molar-refractivity contribution in [2.75, 3.05) is 26.6 Å². The first kappa shape index (κ1) is 20.6. The summed E-state index contributed by atoms with van der Waals surface area (Å²) in [4.78, 5) is 23.3. The summed E-state index contributed by atoms with van der Waals surface area (Å²) in [5, 5.41) is 2.92. The van der Waals surface area contributed by atoms with Gasteiger partial charge in [0.15, 0.2) is 6.79 Å². The Bertz CT molecular complexity index is 520. The molecule has 0 aromatic rings. The maximum atomic E-state index is 11.7. The normalized spacial score (nSPS) is 15.4. The summed E-state index contributed by atoms with van der Waals surface area (Å²) >= 11 is 0. The molecule has 7 heteroatoms. The van der Waals surface area contributed by atoms with Crippen molar-refractivity contribution in [2.24, 2.45) is 5.41 Å². The summed E-state index contributed by atoms with van der Waals surface area (Å²) in [5.41, 5.74) is 0.408. The lowest BCUT2D eigenvalue weighted by atomic mass is 9.98. The van der Waals surface area contributed by atoms with Crippen LogP contribution >= 0.6 is 8.30 Å². The number of allylic oxidation sites excluding steroid dienone is 4. The van der Waals surface area contributed by atoms with Gasteiger partial charge in [0.1, 0.15) is 14.9 Å². The number of hydrogen-bond donors (Lipinski definition) is 1. The van der Waals surface area contributed by atoms with Crippen molar-refractivity contribution in [3.63, 3.8) is 0 Å². The summed E-state index contributed by atoms with van der Waals surface area (Å²) in [6, 6.07) is 0. The molecular weight excluding hydrogens is 329 g/mol. The van der Waals surface area contributed by atoms with Crippen LogP contribution in [0.15, 0.2) is 36.0 Å². The van der Waals surface area contributed by atoms with E-state index in [-0.39, 0.29) is 31.9 Å². The Morgan fingerprint density at radius 3 is 2.71 bits per heavy atom. The second kappa shape index (κ2) is 10.4. The molecule has 1 N–H and O–H groups in total. The molecule has 0 aromatic heterocycles. The maximum Gasteiger partial charge on any atom is 0.320 e. The van der Waals surface area contributed by atoms with Crippen LogP contribution in [0.5, 0.6) is 0 Å². The van der Waals surface area contributed by atoms with Gasteiger partial charge in [0.2, 0.25) is 0 Å². The Kier molecular flexibility index (Phi) is 8.90. The van der Waals surface area contributed by atoms with Gasteiger partial charge in [-0.25, -0.2) is 0 Å². The van der Waals surface area contributed by atoms with Crippen LogP contribution in [0.3, 0.4) is 0 Å². The number of hydrogen-bond acceptors (Lipinski definition) is 6. The van der Waals surface area contributed by atoms with E-state index in [1.807, 2.05) is 30.4 Å². The first-order chi connectivity index (χ1) is 11.3. The first-order valence-corrected chi connectivity index (χ1v) is 9.45. The van der Waals surface area contributed by atoms with E-state index in [0.717, 1.165) is 12.0 Å². The fourth-order valence-corrected chi connectivity index (χ4v) is 2.20. The van der Waals surface area contributed by atoms with Crippen molar-refractivity contribution in [1.82, 2.24) is 5.09 Å². The Hall–Kier alpha value is -1.49. The van der Waals surface area contributed by atoms with Crippen molar-refractivity contribution in [3.05, 3.63) is 36.0 Å². The molecule has 0 fully saturated rings. The molecule has 1 rings (SSSR count). The molecule has 1 aliphatic carbocycles. The van der Waals surface area contributed by atoms with Gasteiger partial charge in [0.25, 0.3) is 0 Å². The molecule has 0 heterocycles. The number of rotatable bonds is 8. The highest BCUT2D eigenvalue weighted by Crippen LogP contribution is 2.26. The molecule has 0 aromatic carbocycles. The van der Waals surface area contributed by atoms with Crippen LogP contribution in [-0.2, 0) is 23.6 Å². The molecule has 1 atom stereocenters. The van der Waals surface area contributed by atoms with E-state index < -0.39 is 13.7 Å². The third-order valence-electron chi connectivity index (χ3n) is 2.97. The van der Waals surface area contributed by atoms with E-state index in [1.54, 1.807) is 27.4 Å². The van der Waals surface area contributed by atoms with E-state index in [9.17, 15) is 9.59 Å². The average molecular weight is 355 g/mol. The molecule has 6 nitrogen and oxygen atoms in total. The van der Waals surface area contributed by atoms with Gasteiger partial charge in [0, 0.05) is 0 Å². The number of ether oxygens (including phenoxy) is 2. The van der Waals surface area contributed by atoms with E-state index in [0.29, 0.717) is 0 Å². The Morgan fingerprint density at radius 2 is 2.00 bits per heavy atom. The molecule has 1 unspecified atom stereocenters. The molecule has 0 radical (unpaired) electrons. The van der Waals surface area contributed by atoms with Gasteiger partial charge in [-0.05, 0) is 39.4 Å². The molecular formula is C17H26NO5P. The topological polar surface area (TPSA) is 73.9 Å². The maximum absolute atomic E-state index is 11.7. The quantitative estimate of drug-likeness (QED) is 0.410. The largest absolute Gasteiger partial charge is 0.460 e. The van der Waals surface area contributed by atoms with Gasteiger partial charge < -0.3 is 14.0 Å². The first-order valence-electron chi connectivity index (χ1n) is 7.74.